The van der Waals surface area contributed by atoms with E-state index >= 15 is 0 Å². The highest BCUT2D eigenvalue weighted by atomic mass is 32.2. The molecule has 24 heavy (non-hydrogen) atoms. The molecule has 0 amide bonds. The average molecular weight is 370 g/mol. The Labute approximate surface area is 140 Å². The highest BCUT2D eigenvalue weighted by Gasteiger charge is 2.50. The largest absolute Gasteiger partial charge is 0.511 e. The second-order valence-corrected chi connectivity index (χ2v) is 8.43. The van der Waals surface area contributed by atoms with Crippen molar-refractivity contribution in [2.45, 2.75) is 56.5 Å². The monoisotopic (exact) mass is 370 g/mol. The number of hydrogen-bond donors (Lipinski definition) is 2. The van der Waals surface area contributed by atoms with E-state index in [-0.39, 0.29) is 19.0 Å². The van der Waals surface area contributed by atoms with Gasteiger partial charge in [0, 0.05) is 25.7 Å². The zero-order valence-corrected chi connectivity index (χ0v) is 14.4. The fourth-order valence-electron chi connectivity index (χ4n) is 3.21. The Morgan fingerprint density at radius 2 is 1.71 bits per heavy atom. The summed E-state index contributed by atoms with van der Waals surface area (Å²) in [6.07, 6.45) is 6.46. The van der Waals surface area contributed by atoms with Crippen molar-refractivity contribution in [2.75, 3.05) is 19.6 Å². The smallest absolute Gasteiger partial charge is 0.370 e. The van der Waals surface area contributed by atoms with Gasteiger partial charge in [-0.15, -0.1) is 0 Å². The van der Waals surface area contributed by atoms with Crippen molar-refractivity contribution in [1.29, 1.82) is 0 Å². The minimum absolute atomic E-state index is 0.0522. The molecule has 2 aliphatic rings. The van der Waals surface area contributed by atoms with E-state index in [0.717, 1.165) is 12.8 Å². The molecule has 2 fully saturated rings. The van der Waals surface area contributed by atoms with Gasteiger partial charge in [0.05, 0.1) is 0 Å². The number of hydrogen-bond acceptors (Lipinski definition) is 3. The average Bonchev–Trinajstić information content (AvgIpc) is 2.53. The van der Waals surface area contributed by atoms with Crippen LogP contribution >= 0.6 is 0 Å². The summed E-state index contributed by atoms with van der Waals surface area (Å²) in [5.41, 5.74) is 0.629. The van der Waals surface area contributed by atoms with Crippen molar-refractivity contribution in [2.24, 2.45) is 16.6 Å². The van der Waals surface area contributed by atoms with Gasteiger partial charge in [0.2, 0.25) is 0 Å². The Bertz CT molecular complexity index is 537. The van der Waals surface area contributed by atoms with Crippen LogP contribution < -0.4 is 11.1 Å². The maximum atomic E-state index is 12.5. The topological polar surface area (TPSA) is 87.8 Å². The predicted octanol–water partition coefficient (Wildman–Crippen LogP) is 1.78. The number of nitrogens with two attached hydrogens (primary N) is 1. The summed E-state index contributed by atoms with van der Waals surface area (Å²) in [5.74, 6) is 0.420. The van der Waals surface area contributed by atoms with E-state index in [1.165, 1.54) is 19.3 Å². The van der Waals surface area contributed by atoms with Crippen molar-refractivity contribution >= 4 is 16.0 Å². The van der Waals surface area contributed by atoms with Gasteiger partial charge in [-0.3, -0.25) is 4.99 Å². The molecule has 3 N–H and O–H groups in total. The fraction of sp³-hybridized carbons (Fsp3) is 0.929. The molecule has 6 nitrogen and oxygen atoms in total. The molecule has 1 heterocycles. The number of halogens is 3. The summed E-state index contributed by atoms with van der Waals surface area (Å²) in [5, 5.41) is 3.18. The molecule has 0 aromatic rings. The first-order valence-corrected chi connectivity index (χ1v) is 9.77. The second-order valence-electron chi connectivity index (χ2n) is 6.50. The van der Waals surface area contributed by atoms with Crippen LogP contribution in [-0.4, -0.2) is 49.9 Å². The van der Waals surface area contributed by atoms with Crippen LogP contribution in [0.4, 0.5) is 13.2 Å². The minimum Gasteiger partial charge on any atom is -0.370 e. The number of aliphatic imine (C=N–C) groups is 1. The molecule has 10 heteroatoms. The van der Waals surface area contributed by atoms with Crippen LogP contribution in [0.1, 0.15) is 44.9 Å². The number of rotatable bonds is 4. The summed E-state index contributed by atoms with van der Waals surface area (Å²) in [6.45, 7) is 0.154. The van der Waals surface area contributed by atoms with E-state index in [0.29, 0.717) is 35.7 Å². The quantitative estimate of drug-likeness (QED) is 0.583. The van der Waals surface area contributed by atoms with Crippen LogP contribution in [0, 0.1) is 5.92 Å². The number of nitrogens with zero attached hydrogens (tertiary/aromatic N) is 2. The minimum atomic E-state index is -5.23. The van der Waals surface area contributed by atoms with Gasteiger partial charge in [-0.2, -0.15) is 17.5 Å². The highest BCUT2D eigenvalue weighted by molar-refractivity contribution is 7.90. The molecular weight excluding hydrogens is 345 g/mol. The van der Waals surface area contributed by atoms with E-state index in [9.17, 15) is 21.6 Å². The Morgan fingerprint density at radius 3 is 2.25 bits per heavy atom. The molecule has 0 unspecified atom stereocenters. The van der Waals surface area contributed by atoms with Gasteiger partial charge in [-0.1, -0.05) is 19.3 Å². The predicted molar refractivity (Wildman–Crippen MR) is 85.8 cm³/mol. The Balaban J connectivity index is 1.77. The van der Waals surface area contributed by atoms with Crippen molar-refractivity contribution in [3.8, 4) is 0 Å². The summed E-state index contributed by atoms with van der Waals surface area (Å²) in [6, 6.07) is 0.348. The molecule has 0 radical (unpaired) electrons. The van der Waals surface area contributed by atoms with E-state index in [4.69, 9.17) is 5.73 Å². The maximum Gasteiger partial charge on any atom is 0.511 e. The lowest BCUT2D eigenvalue weighted by atomic mass is 9.96. The summed E-state index contributed by atoms with van der Waals surface area (Å²) in [4.78, 5) is 4.27. The molecule has 0 aromatic carbocycles. The van der Waals surface area contributed by atoms with Crippen molar-refractivity contribution in [3.05, 3.63) is 0 Å². The molecule has 1 aliphatic heterocycles. The molecule has 1 saturated heterocycles. The third-order valence-corrected chi connectivity index (χ3v) is 6.31. The van der Waals surface area contributed by atoms with Crippen LogP contribution in [0.25, 0.3) is 0 Å². The van der Waals surface area contributed by atoms with Crippen LogP contribution in [0.2, 0.25) is 0 Å². The number of piperidine rings is 1. The summed E-state index contributed by atoms with van der Waals surface area (Å²) >= 11 is 0. The molecule has 1 saturated carbocycles. The van der Waals surface area contributed by atoms with Crippen molar-refractivity contribution < 1.29 is 21.6 Å². The van der Waals surface area contributed by atoms with Crippen LogP contribution in [0.15, 0.2) is 4.99 Å². The Morgan fingerprint density at radius 1 is 1.12 bits per heavy atom. The molecule has 0 spiro atoms. The second kappa shape index (κ2) is 7.90. The van der Waals surface area contributed by atoms with Gasteiger partial charge in [-0.25, -0.2) is 8.42 Å². The zero-order valence-electron chi connectivity index (χ0n) is 13.6. The lowest BCUT2D eigenvalue weighted by Gasteiger charge is -2.31. The molecule has 140 valence electrons. The number of guanidine groups is 1. The Hall–Kier alpha value is -1.03. The first kappa shape index (κ1) is 19.3. The SMILES string of the molecule is NC(=NCC1CCN(S(=O)(=O)C(F)(F)F)CC1)NC1CCCCC1. The Kier molecular flexibility index (Phi) is 6.35. The zero-order chi connectivity index (χ0) is 17.8. The normalized spacial score (nSPS) is 23.4. The maximum absolute atomic E-state index is 12.5. The third kappa shape index (κ3) is 4.98. The molecule has 2 rings (SSSR count). The van der Waals surface area contributed by atoms with Gasteiger partial charge in [0.15, 0.2) is 5.96 Å². The summed E-state index contributed by atoms with van der Waals surface area (Å²) in [7, 11) is -5.21. The standard InChI is InChI=1S/C14H25F3N4O2S/c15-14(16,17)24(22,23)21-8-6-11(7-9-21)10-19-13(18)20-12-4-2-1-3-5-12/h11-12H,1-10H2,(H3,18,19,20). The van der Waals surface area contributed by atoms with Crippen LogP contribution in [0.3, 0.4) is 0 Å². The third-order valence-electron chi connectivity index (χ3n) is 4.68. The van der Waals surface area contributed by atoms with Gasteiger partial charge in [0.25, 0.3) is 0 Å². The van der Waals surface area contributed by atoms with Gasteiger partial charge in [0.1, 0.15) is 0 Å². The van der Waals surface area contributed by atoms with Gasteiger partial charge >= 0.3 is 15.5 Å². The summed E-state index contributed by atoms with van der Waals surface area (Å²) < 4.78 is 60.7. The van der Waals surface area contributed by atoms with Crippen LogP contribution in [-0.2, 0) is 10.0 Å². The van der Waals surface area contributed by atoms with Gasteiger partial charge in [-0.05, 0) is 31.6 Å². The lowest BCUT2D eigenvalue weighted by molar-refractivity contribution is -0.0496. The number of nitrogens with one attached hydrogen (secondary N) is 1. The molecule has 0 aromatic heterocycles. The van der Waals surface area contributed by atoms with E-state index in [2.05, 4.69) is 10.3 Å². The van der Waals surface area contributed by atoms with Crippen molar-refractivity contribution in [3.63, 3.8) is 0 Å². The first-order valence-electron chi connectivity index (χ1n) is 8.33. The number of sulfonamides is 1. The molecular formula is C14H25F3N4O2S. The van der Waals surface area contributed by atoms with E-state index in [1.807, 2.05) is 0 Å². The first-order chi connectivity index (χ1) is 11.2. The highest BCUT2D eigenvalue weighted by Crippen LogP contribution is 2.30. The molecule has 1 aliphatic carbocycles. The van der Waals surface area contributed by atoms with E-state index in [1.54, 1.807) is 0 Å². The molecule has 0 bridgehead atoms. The lowest BCUT2D eigenvalue weighted by Crippen LogP contribution is -2.45. The number of alkyl halides is 3. The van der Waals surface area contributed by atoms with Crippen molar-refractivity contribution in [1.82, 2.24) is 9.62 Å². The van der Waals surface area contributed by atoms with E-state index < -0.39 is 15.5 Å². The van der Waals surface area contributed by atoms with Gasteiger partial charge < -0.3 is 11.1 Å². The fourth-order valence-corrected chi connectivity index (χ4v) is 4.19. The molecule has 0 atom stereocenters. The van der Waals surface area contributed by atoms with Crippen LogP contribution in [0.5, 0.6) is 0 Å².